The maximum absolute atomic E-state index is 6.07. The van der Waals surface area contributed by atoms with E-state index >= 15 is 0 Å². The maximum atomic E-state index is 6.07. The van der Waals surface area contributed by atoms with Crippen LogP contribution in [0, 0.1) is 6.92 Å². The lowest BCUT2D eigenvalue weighted by atomic mass is 10.2. The summed E-state index contributed by atoms with van der Waals surface area (Å²) in [6.45, 7) is 12.9. The number of ether oxygens (including phenoxy) is 1. The van der Waals surface area contributed by atoms with Crippen molar-refractivity contribution in [2.45, 2.75) is 6.92 Å². The van der Waals surface area contributed by atoms with Gasteiger partial charge in [0.1, 0.15) is 18.9 Å². The van der Waals surface area contributed by atoms with Crippen LogP contribution in [0.3, 0.4) is 0 Å². The minimum absolute atomic E-state index is 0.639. The highest BCUT2D eigenvalue weighted by atomic mass is 35.5. The van der Waals surface area contributed by atoms with Gasteiger partial charge < -0.3 is 9.64 Å². The Morgan fingerprint density at radius 2 is 1.94 bits per heavy atom. The van der Waals surface area contributed by atoms with Crippen LogP contribution in [0.4, 0.5) is 0 Å². The SMILES string of the molecule is C=CC[NH+](CC=C)CCOc1cc(C)ccc1Cl. The van der Waals surface area contributed by atoms with Gasteiger partial charge in [-0.2, -0.15) is 0 Å². The van der Waals surface area contributed by atoms with Crippen LogP contribution in [-0.4, -0.2) is 26.2 Å². The van der Waals surface area contributed by atoms with E-state index in [0.29, 0.717) is 11.6 Å². The predicted molar refractivity (Wildman–Crippen MR) is 77.6 cm³/mol. The van der Waals surface area contributed by atoms with E-state index in [2.05, 4.69) is 13.2 Å². The fourth-order valence-corrected chi connectivity index (χ4v) is 1.89. The van der Waals surface area contributed by atoms with Gasteiger partial charge in [0.2, 0.25) is 0 Å². The molecule has 18 heavy (non-hydrogen) atoms. The smallest absolute Gasteiger partial charge is 0.138 e. The third-order valence-corrected chi connectivity index (χ3v) is 2.98. The molecule has 1 rings (SSSR count). The maximum Gasteiger partial charge on any atom is 0.138 e. The highest BCUT2D eigenvalue weighted by Crippen LogP contribution is 2.24. The first kappa shape index (κ1) is 14.8. The fraction of sp³-hybridized carbons (Fsp3) is 0.333. The van der Waals surface area contributed by atoms with Gasteiger partial charge in [-0.1, -0.05) is 30.8 Å². The Morgan fingerprint density at radius 1 is 1.28 bits per heavy atom. The number of halogens is 1. The number of aryl methyl sites for hydroxylation is 1. The molecule has 0 aliphatic carbocycles. The molecule has 0 radical (unpaired) electrons. The van der Waals surface area contributed by atoms with Crippen molar-refractivity contribution in [1.82, 2.24) is 0 Å². The molecule has 1 aromatic rings. The van der Waals surface area contributed by atoms with Gasteiger partial charge in [-0.25, -0.2) is 0 Å². The Balaban J connectivity index is 2.46. The summed E-state index contributed by atoms with van der Waals surface area (Å²) in [6, 6.07) is 5.80. The molecule has 0 atom stereocenters. The van der Waals surface area contributed by atoms with E-state index in [0.717, 1.165) is 30.9 Å². The second kappa shape index (κ2) is 7.96. The summed E-state index contributed by atoms with van der Waals surface area (Å²) < 4.78 is 5.72. The lowest BCUT2D eigenvalue weighted by Gasteiger charge is -2.16. The van der Waals surface area contributed by atoms with Crippen LogP contribution in [0.25, 0.3) is 0 Å². The normalized spacial score (nSPS) is 10.4. The van der Waals surface area contributed by atoms with Crippen LogP contribution in [0.1, 0.15) is 5.56 Å². The molecule has 0 aliphatic heterocycles. The zero-order chi connectivity index (χ0) is 13.4. The van der Waals surface area contributed by atoms with Crippen LogP contribution in [0.15, 0.2) is 43.5 Å². The Hall–Kier alpha value is -1.25. The van der Waals surface area contributed by atoms with Crippen molar-refractivity contribution in [2.24, 2.45) is 0 Å². The number of benzene rings is 1. The number of quaternary nitrogens is 1. The van der Waals surface area contributed by atoms with Gasteiger partial charge in [0.15, 0.2) is 0 Å². The lowest BCUT2D eigenvalue weighted by molar-refractivity contribution is -0.888. The largest absolute Gasteiger partial charge is 0.486 e. The second-order valence-corrected chi connectivity index (χ2v) is 4.68. The Bertz CT molecular complexity index is 393. The van der Waals surface area contributed by atoms with Crippen molar-refractivity contribution < 1.29 is 9.64 Å². The van der Waals surface area contributed by atoms with Crippen molar-refractivity contribution in [3.05, 3.63) is 54.1 Å². The van der Waals surface area contributed by atoms with Crippen molar-refractivity contribution in [3.8, 4) is 5.75 Å². The standard InChI is InChI=1S/C15H20ClNO/c1-4-8-17(9-5-2)10-11-18-15-12-13(3)6-7-14(15)16/h4-7,12H,1-2,8-11H2,3H3/p+1. The number of rotatable bonds is 8. The lowest BCUT2D eigenvalue weighted by Crippen LogP contribution is -3.12. The van der Waals surface area contributed by atoms with Gasteiger partial charge in [-0.3, -0.25) is 0 Å². The van der Waals surface area contributed by atoms with E-state index in [4.69, 9.17) is 16.3 Å². The van der Waals surface area contributed by atoms with E-state index in [1.54, 1.807) is 0 Å². The Morgan fingerprint density at radius 3 is 2.56 bits per heavy atom. The monoisotopic (exact) mass is 266 g/mol. The summed E-state index contributed by atoms with van der Waals surface area (Å²) in [5.74, 6) is 0.758. The quantitative estimate of drug-likeness (QED) is 0.713. The first-order chi connectivity index (χ1) is 8.67. The second-order valence-electron chi connectivity index (χ2n) is 4.27. The molecule has 0 saturated heterocycles. The average molecular weight is 267 g/mol. The molecule has 0 aromatic heterocycles. The summed E-state index contributed by atoms with van der Waals surface area (Å²) in [5.41, 5.74) is 1.15. The van der Waals surface area contributed by atoms with E-state index in [1.807, 2.05) is 37.3 Å². The van der Waals surface area contributed by atoms with Gasteiger partial charge in [0, 0.05) is 0 Å². The van der Waals surface area contributed by atoms with Crippen molar-refractivity contribution >= 4 is 11.6 Å². The minimum atomic E-state index is 0.639. The van der Waals surface area contributed by atoms with Gasteiger partial charge in [-0.15, -0.1) is 0 Å². The summed E-state index contributed by atoms with van der Waals surface area (Å²) >= 11 is 6.07. The Labute approximate surface area is 115 Å². The molecule has 1 aromatic carbocycles. The van der Waals surface area contributed by atoms with Gasteiger partial charge >= 0.3 is 0 Å². The molecular weight excluding hydrogens is 246 g/mol. The number of nitrogens with one attached hydrogen (secondary N) is 1. The van der Waals surface area contributed by atoms with Crippen LogP contribution in [0.2, 0.25) is 5.02 Å². The highest BCUT2D eigenvalue weighted by molar-refractivity contribution is 6.32. The molecule has 0 amide bonds. The molecule has 0 spiro atoms. The first-order valence-corrected chi connectivity index (χ1v) is 6.49. The number of hydrogen-bond donors (Lipinski definition) is 1. The van der Waals surface area contributed by atoms with Crippen molar-refractivity contribution in [2.75, 3.05) is 26.2 Å². The number of hydrogen-bond acceptors (Lipinski definition) is 1. The van der Waals surface area contributed by atoms with Crippen LogP contribution >= 0.6 is 11.6 Å². The molecule has 0 heterocycles. The zero-order valence-electron chi connectivity index (χ0n) is 10.9. The molecule has 98 valence electrons. The third-order valence-electron chi connectivity index (χ3n) is 2.67. The van der Waals surface area contributed by atoms with Gasteiger partial charge in [0.25, 0.3) is 0 Å². The van der Waals surface area contributed by atoms with Gasteiger partial charge in [0.05, 0.1) is 18.1 Å². The predicted octanol–water partition coefficient (Wildman–Crippen LogP) is 2.28. The van der Waals surface area contributed by atoms with E-state index in [9.17, 15) is 0 Å². The molecule has 0 bridgehead atoms. The summed E-state index contributed by atoms with van der Waals surface area (Å²) in [4.78, 5) is 1.38. The van der Waals surface area contributed by atoms with Crippen molar-refractivity contribution in [1.29, 1.82) is 0 Å². The summed E-state index contributed by atoms with van der Waals surface area (Å²) in [6.07, 6.45) is 3.83. The van der Waals surface area contributed by atoms with Gasteiger partial charge in [-0.05, 0) is 36.8 Å². The molecule has 0 aliphatic rings. The van der Waals surface area contributed by atoms with E-state index < -0.39 is 0 Å². The minimum Gasteiger partial charge on any atom is -0.486 e. The molecule has 3 heteroatoms. The topological polar surface area (TPSA) is 13.7 Å². The molecule has 0 saturated carbocycles. The third kappa shape index (κ3) is 4.94. The van der Waals surface area contributed by atoms with Crippen molar-refractivity contribution in [3.63, 3.8) is 0 Å². The molecule has 0 fully saturated rings. The Kier molecular flexibility index (Phi) is 6.55. The average Bonchev–Trinajstić information content (AvgIpc) is 2.34. The zero-order valence-corrected chi connectivity index (χ0v) is 11.7. The molecular formula is C15H21ClNO+. The van der Waals surface area contributed by atoms with Crippen LogP contribution in [0.5, 0.6) is 5.75 Å². The van der Waals surface area contributed by atoms with Crippen LogP contribution < -0.4 is 9.64 Å². The fourth-order valence-electron chi connectivity index (χ4n) is 1.72. The molecule has 2 nitrogen and oxygen atoms in total. The molecule has 1 N–H and O–H groups in total. The summed E-state index contributed by atoms with van der Waals surface area (Å²) in [5, 5.41) is 0.662. The van der Waals surface area contributed by atoms with E-state index in [-0.39, 0.29) is 0 Å². The highest BCUT2D eigenvalue weighted by Gasteiger charge is 2.06. The molecule has 0 unspecified atom stereocenters. The first-order valence-electron chi connectivity index (χ1n) is 6.11. The van der Waals surface area contributed by atoms with Crippen LogP contribution in [-0.2, 0) is 0 Å². The summed E-state index contributed by atoms with van der Waals surface area (Å²) in [7, 11) is 0. The van der Waals surface area contributed by atoms with E-state index in [1.165, 1.54) is 4.90 Å².